The lowest BCUT2D eigenvalue weighted by molar-refractivity contribution is -0.357. The quantitative estimate of drug-likeness (QED) is 0.113. The maximum absolute atomic E-state index is 13.7. The van der Waals surface area contributed by atoms with Crippen LogP contribution in [-0.2, 0) is 23.7 Å². The first-order valence-electron chi connectivity index (χ1n) is 16.2. The lowest BCUT2D eigenvalue weighted by atomic mass is 9.97. The number of phenols is 3. The van der Waals surface area contributed by atoms with Crippen LogP contribution in [0, 0.1) is 0 Å². The first kappa shape index (κ1) is 38.1. The molecule has 19 nitrogen and oxygen atoms in total. The van der Waals surface area contributed by atoms with Gasteiger partial charge in [-0.2, -0.15) is 0 Å². The van der Waals surface area contributed by atoms with Gasteiger partial charge in [0.2, 0.25) is 17.5 Å². The van der Waals surface area contributed by atoms with E-state index in [9.17, 15) is 61.0 Å². The van der Waals surface area contributed by atoms with Gasteiger partial charge in [-0.3, -0.25) is 4.79 Å². The minimum absolute atomic E-state index is 0.125. The Bertz CT molecular complexity index is 1770. The molecule has 0 spiro atoms. The standard InChI is InChI=1S/C33H40O19/c1-10-19(37)22(40)25(43)32(47-10)51-28-11(2)48-31(27(45)24(28)42)46-9-17-20(38)23(41)26(44)33(50-17)52-30-21(39)18-15(36)7-14(35)8-16(18)49-29(30)12-3-5-13(34)6-4-12/h3-8,10-11,17,19-20,22-28,31-38,40-45H,9H2,1-2H3/t10?,11?,17?,19-,20+,22-,23?,24+,25?,26?,27?,28-,31+,32-,33-/m0/s1. The average molecular weight is 741 g/mol. The monoisotopic (exact) mass is 740 g/mol. The van der Waals surface area contributed by atoms with Crippen LogP contribution in [0.25, 0.3) is 22.3 Å². The van der Waals surface area contributed by atoms with Gasteiger partial charge < -0.3 is 89.0 Å². The highest BCUT2D eigenvalue weighted by Crippen LogP contribution is 2.38. The Hall–Kier alpha value is -3.67. The molecule has 0 saturated carbocycles. The molecule has 6 rings (SSSR count). The predicted octanol–water partition coefficient (Wildman–Crippen LogP) is -2.54. The normalized spacial score (nSPS) is 38.3. The van der Waals surface area contributed by atoms with Crippen molar-refractivity contribution in [3.05, 3.63) is 46.6 Å². The van der Waals surface area contributed by atoms with Crippen LogP contribution in [0.5, 0.6) is 23.0 Å². The van der Waals surface area contributed by atoms with Gasteiger partial charge in [-0.15, -0.1) is 0 Å². The number of aromatic hydroxyl groups is 3. The van der Waals surface area contributed by atoms with Gasteiger partial charge in [-0.05, 0) is 38.1 Å². The molecule has 3 aromatic rings. The van der Waals surface area contributed by atoms with Crippen molar-refractivity contribution in [1.29, 1.82) is 0 Å². The summed E-state index contributed by atoms with van der Waals surface area (Å²) in [6, 6.07) is 7.24. The molecule has 19 heteroatoms. The molecule has 15 atom stereocenters. The summed E-state index contributed by atoms with van der Waals surface area (Å²) < 4.78 is 39.6. The van der Waals surface area contributed by atoms with Crippen molar-refractivity contribution < 1.29 is 89.0 Å². The second-order valence-corrected chi connectivity index (χ2v) is 12.9. The average Bonchev–Trinajstić information content (AvgIpc) is 3.10. The molecule has 0 radical (unpaired) electrons. The maximum atomic E-state index is 13.7. The van der Waals surface area contributed by atoms with Gasteiger partial charge in [0, 0.05) is 17.7 Å². The topological polar surface area (TPSA) is 308 Å². The highest BCUT2D eigenvalue weighted by molar-refractivity contribution is 5.88. The van der Waals surface area contributed by atoms with E-state index in [1.54, 1.807) is 0 Å². The summed E-state index contributed by atoms with van der Waals surface area (Å²) in [6.07, 6.45) is -23.8. The molecule has 0 amide bonds. The van der Waals surface area contributed by atoms with Crippen LogP contribution in [0.15, 0.2) is 45.6 Å². The molecule has 4 heterocycles. The Balaban J connectivity index is 1.19. The van der Waals surface area contributed by atoms with Crippen molar-refractivity contribution in [3.63, 3.8) is 0 Å². The third-order valence-electron chi connectivity index (χ3n) is 9.25. The lowest BCUT2D eigenvalue weighted by Crippen LogP contribution is -2.63. The molecule has 11 N–H and O–H groups in total. The third kappa shape index (κ3) is 7.16. The van der Waals surface area contributed by atoms with Crippen molar-refractivity contribution in [2.75, 3.05) is 6.61 Å². The Morgan fingerprint density at radius 3 is 1.96 bits per heavy atom. The first-order valence-corrected chi connectivity index (χ1v) is 16.2. The van der Waals surface area contributed by atoms with Crippen LogP contribution in [0.3, 0.4) is 0 Å². The first-order chi connectivity index (χ1) is 24.6. The SMILES string of the molecule is CC1O[C@@H](O[C@H]2C(C)O[C@@H](OCC3O[C@@H](Oc4c(-c5ccc(O)cc5)oc5cc(O)cc(O)c5c4=O)C(O)C(O)[C@@H]3O)C(O)[C@H]2O)C(O)[C@@H](O)[C@H]1O. The van der Waals surface area contributed by atoms with E-state index < -0.39 is 127 Å². The van der Waals surface area contributed by atoms with Crippen molar-refractivity contribution in [1.82, 2.24) is 0 Å². The second kappa shape index (κ2) is 15.0. The van der Waals surface area contributed by atoms with Crippen molar-refractivity contribution >= 4 is 11.0 Å². The van der Waals surface area contributed by atoms with E-state index >= 15 is 0 Å². The number of rotatable bonds is 8. The van der Waals surface area contributed by atoms with Crippen LogP contribution in [0.4, 0.5) is 0 Å². The number of hydrogen-bond donors (Lipinski definition) is 11. The molecule has 0 aliphatic carbocycles. The molecule has 3 fully saturated rings. The summed E-state index contributed by atoms with van der Waals surface area (Å²) in [4.78, 5) is 13.7. The number of phenolic OH excluding ortho intramolecular Hbond substituents is 3. The third-order valence-corrected chi connectivity index (χ3v) is 9.25. The molecule has 3 aliphatic heterocycles. The van der Waals surface area contributed by atoms with Crippen LogP contribution in [-0.4, -0.2) is 155 Å². The van der Waals surface area contributed by atoms with Gasteiger partial charge >= 0.3 is 0 Å². The van der Waals surface area contributed by atoms with Crippen molar-refractivity contribution in [2.24, 2.45) is 0 Å². The van der Waals surface area contributed by atoms with E-state index in [1.807, 2.05) is 0 Å². The van der Waals surface area contributed by atoms with E-state index in [1.165, 1.54) is 38.1 Å². The van der Waals surface area contributed by atoms with Crippen LogP contribution < -0.4 is 10.2 Å². The summed E-state index contributed by atoms with van der Waals surface area (Å²) in [5.74, 6) is -2.12. The molecular weight excluding hydrogens is 700 g/mol. The van der Waals surface area contributed by atoms with E-state index in [0.29, 0.717) is 0 Å². The van der Waals surface area contributed by atoms with Gasteiger partial charge in [0.05, 0.1) is 18.8 Å². The predicted molar refractivity (Wildman–Crippen MR) is 170 cm³/mol. The summed E-state index contributed by atoms with van der Waals surface area (Å²) >= 11 is 0. The minimum Gasteiger partial charge on any atom is -0.508 e. The minimum atomic E-state index is -1.97. The van der Waals surface area contributed by atoms with E-state index in [0.717, 1.165) is 12.1 Å². The van der Waals surface area contributed by atoms with E-state index in [2.05, 4.69) is 0 Å². The number of hydrogen-bond acceptors (Lipinski definition) is 19. The summed E-state index contributed by atoms with van der Waals surface area (Å²) in [5, 5.41) is 114. The number of ether oxygens (including phenoxy) is 6. The molecule has 3 saturated heterocycles. The fourth-order valence-corrected chi connectivity index (χ4v) is 6.25. The second-order valence-electron chi connectivity index (χ2n) is 12.9. The molecule has 52 heavy (non-hydrogen) atoms. The maximum Gasteiger partial charge on any atom is 0.239 e. The van der Waals surface area contributed by atoms with Gasteiger partial charge in [0.1, 0.15) is 89.3 Å². The fraction of sp³-hybridized carbons (Fsp3) is 0.545. The summed E-state index contributed by atoms with van der Waals surface area (Å²) in [5.41, 5.74) is -1.05. The van der Waals surface area contributed by atoms with Crippen molar-refractivity contribution in [2.45, 2.75) is 106 Å². The number of aliphatic hydroxyl groups excluding tert-OH is 8. The Labute approximate surface area is 293 Å². The Kier molecular flexibility index (Phi) is 11.0. The Morgan fingerprint density at radius 2 is 1.27 bits per heavy atom. The molecule has 2 aromatic carbocycles. The summed E-state index contributed by atoms with van der Waals surface area (Å²) in [7, 11) is 0. The highest BCUT2D eigenvalue weighted by atomic mass is 16.7. The molecular formula is C33H40O19. The molecule has 3 aliphatic rings. The number of benzene rings is 2. The number of aliphatic hydroxyl groups is 8. The number of fused-ring (bicyclic) bond motifs is 1. The Morgan fingerprint density at radius 1 is 0.654 bits per heavy atom. The van der Waals surface area contributed by atoms with Gasteiger partial charge in [-0.1, -0.05) is 0 Å². The van der Waals surface area contributed by atoms with E-state index in [-0.39, 0.29) is 22.7 Å². The largest absolute Gasteiger partial charge is 0.508 e. The molecule has 0 bridgehead atoms. The van der Waals surface area contributed by atoms with Gasteiger partial charge in [0.25, 0.3) is 0 Å². The zero-order valence-electron chi connectivity index (χ0n) is 27.5. The smallest absolute Gasteiger partial charge is 0.239 e. The zero-order chi connectivity index (χ0) is 37.8. The van der Waals surface area contributed by atoms with Crippen molar-refractivity contribution in [3.8, 4) is 34.3 Å². The van der Waals surface area contributed by atoms with E-state index in [4.69, 9.17) is 32.8 Å². The van der Waals surface area contributed by atoms with Crippen LogP contribution in [0.2, 0.25) is 0 Å². The zero-order valence-corrected chi connectivity index (χ0v) is 27.5. The van der Waals surface area contributed by atoms with Crippen LogP contribution in [0.1, 0.15) is 13.8 Å². The highest BCUT2D eigenvalue weighted by Gasteiger charge is 2.51. The summed E-state index contributed by atoms with van der Waals surface area (Å²) in [6.45, 7) is 2.22. The molecule has 7 unspecified atom stereocenters. The molecule has 286 valence electrons. The lowest BCUT2D eigenvalue weighted by Gasteiger charge is -2.46. The van der Waals surface area contributed by atoms with Gasteiger partial charge in [0.15, 0.2) is 18.3 Å². The molecule has 1 aromatic heterocycles. The van der Waals surface area contributed by atoms with Crippen LogP contribution >= 0.6 is 0 Å². The fourth-order valence-electron chi connectivity index (χ4n) is 6.25. The van der Waals surface area contributed by atoms with Gasteiger partial charge in [-0.25, -0.2) is 0 Å².